The van der Waals surface area contributed by atoms with Crippen molar-refractivity contribution in [3.05, 3.63) is 59.7 Å². The monoisotopic (exact) mass is 739 g/mol. The van der Waals surface area contributed by atoms with Crippen LogP contribution in [0.1, 0.15) is 89.7 Å². The molecular formula is C39H53N3O11. The van der Waals surface area contributed by atoms with Crippen molar-refractivity contribution in [3.8, 4) is 11.5 Å². The Balaban J connectivity index is 1.20. The fourth-order valence-corrected chi connectivity index (χ4v) is 6.80. The molecule has 3 heterocycles. The largest absolute Gasteiger partial charge is 0.464 e. The van der Waals surface area contributed by atoms with Gasteiger partial charge in [0.1, 0.15) is 18.8 Å². The fraction of sp³-hybridized carbons (Fsp3) is 0.590. The summed E-state index contributed by atoms with van der Waals surface area (Å²) in [7, 11) is 0. The van der Waals surface area contributed by atoms with Crippen LogP contribution in [-0.2, 0) is 46.4 Å². The van der Waals surface area contributed by atoms with Gasteiger partial charge in [0.25, 0.3) is 0 Å². The summed E-state index contributed by atoms with van der Waals surface area (Å²) in [6.07, 6.45) is 1.39. The molecule has 2 aromatic rings. The summed E-state index contributed by atoms with van der Waals surface area (Å²) >= 11 is 0. The molecule has 2 fully saturated rings. The number of rotatable bonds is 16. The molecule has 3 N–H and O–H groups in total. The number of amides is 3. The number of esters is 1. The van der Waals surface area contributed by atoms with Gasteiger partial charge in [-0.2, -0.15) is 0 Å². The molecule has 0 saturated carbocycles. The van der Waals surface area contributed by atoms with Gasteiger partial charge in [-0.3, -0.25) is 4.79 Å². The second-order valence-electron chi connectivity index (χ2n) is 14.1. The minimum Gasteiger partial charge on any atom is -0.464 e. The van der Waals surface area contributed by atoms with Crippen LogP contribution < -0.4 is 25.4 Å². The van der Waals surface area contributed by atoms with E-state index in [0.717, 1.165) is 24.0 Å². The van der Waals surface area contributed by atoms with Gasteiger partial charge >= 0.3 is 18.2 Å². The average molecular weight is 740 g/mol. The van der Waals surface area contributed by atoms with Crippen LogP contribution >= 0.6 is 0 Å². The van der Waals surface area contributed by atoms with Gasteiger partial charge in [0.2, 0.25) is 12.7 Å². The highest BCUT2D eigenvalue weighted by atomic mass is 16.7. The zero-order valence-electron chi connectivity index (χ0n) is 30.9. The third-order valence-corrected chi connectivity index (χ3v) is 9.40. The van der Waals surface area contributed by atoms with E-state index >= 15 is 0 Å². The molecule has 2 aromatic carbocycles. The zero-order valence-corrected chi connectivity index (χ0v) is 30.9. The molecule has 3 aliphatic rings. The first-order valence-corrected chi connectivity index (χ1v) is 18.7. The summed E-state index contributed by atoms with van der Waals surface area (Å²) in [6.45, 7) is 6.71. The molecule has 0 bridgehead atoms. The zero-order chi connectivity index (χ0) is 37.6. The number of carbonyl (C=O) groups is 4. The van der Waals surface area contributed by atoms with E-state index in [-0.39, 0.29) is 45.3 Å². The third kappa shape index (κ3) is 12.2. The second kappa shape index (κ2) is 19.5. The smallest absolute Gasteiger partial charge is 0.407 e. The lowest BCUT2D eigenvalue weighted by Gasteiger charge is -2.47. The first-order valence-electron chi connectivity index (χ1n) is 18.7. The van der Waals surface area contributed by atoms with Crippen LogP contribution in [0.15, 0.2) is 48.5 Å². The SMILES string of the molecule is CCOC(=O)[C@H](CCC(C)C)NC(=O)CC[C@@H]1C[C@@H](OC(=O)NCc2cccc3c2OCO3)C[C@@]2(CCC[C@H](COC(=O)NCc3ccccc3)O2)O1. The third-order valence-electron chi connectivity index (χ3n) is 9.40. The van der Waals surface area contributed by atoms with Gasteiger partial charge in [0.05, 0.1) is 18.8 Å². The molecule has 14 nitrogen and oxygen atoms in total. The Morgan fingerprint density at radius 3 is 2.49 bits per heavy atom. The maximum Gasteiger partial charge on any atom is 0.407 e. The molecule has 3 amide bonds. The number of fused-ring (bicyclic) bond motifs is 1. The number of carbonyl (C=O) groups excluding carboxylic acids is 4. The van der Waals surface area contributed by atoms with E-state index in [2.05, 4.69) is 29.8 Å². The minimum atomic E-state index is -1.12. The molecule has 0 aliphatic carbocycles. The lowest BCUT2D eigenvalue weighted by molar-refractivity contribution is -0.329. The molecular weight excluding hydrogens is 686 g/mol. The molecule has 5 rings (SSSR count). The number of para-hydroxylation sites is 1. The normalized spacial score (nSPS) is 22.5. The Morgan fingerprint density at radius 2 is 1.70 bits per heavy atom. The van der Waals surface area contributed by atoms with Gasteiger partial charge in [0.15, 0.2) is 17.3 Å². The van der Waals surface area contributed by atoms with Crippen molar-refractivity contribution >= 4 is 24.1 Å². The van der Waals surface area contributed by atoms with Gasteiger partial charge < -0.3 is 49.1 Å². The van der Waals surface area contributed by atoms with Crippen LogP contribution in [0.3, 0.4) is 0 Å². The summed E-state index contributed by atoms with van der Waals surface area (Å²) in [6, 6.07) is 14.3. The van der Waals surface area contributed by atoms with Crippen molar-refractivity contribution < 1.29 is 52.3 Å². The fourth-order valence-electron chi connectivity index (χ4n) is 6.80. The van der Waals surface area contributed by atoms with Crippen LogP contribution in [0.2, 0.25) is 0 Å². The highest BCUT2D eigenvalue weighted by molar-refractivity contribution is 5.84. The van der Waals surface area contributed by atoms with E-state index in [0.29, 0.717) is 56.1 Å². The predicted octanol–water partition coefficient (Wildman–Crippen LogP) is 5.65. The first kappa shape index (κ1) is 39.6. The van der Waals surface area contributed by atoms with Gasteiger partial charge in [-0.1, -0.05) is 56.3 Å². The average Bonchev–Trinajstić information content (AvgIpc) is 3.63. The molecule has 53 heavy (non-hydrogen) atoms. The Morgan fingerprint density at radius 1 is 0.906 bits per heavy atom. The van der Waals surface area contributed by atoms with Crippen LogP contribution in [0.5, 0.6) is 11.5 Å². The van der Waals surface area contributed by atoms with Gasteiger partial charge in [-0.05, 0) is 56.6 Å². The number of hydrogen-bond donors (Lipinski definition) is 3. The van der Waals surface area contributed by atoms with Crippen molar-refractivity contribution in [2.75, 3.05) is 20.0 Å². The van der Waals surface area contributed by atoms with Crippen LogP contribution in [0.25, 0.3) is 0 Å². The lowest BCUT2D eigenvalue weighted by Crippen LogP contribution is -2.53. The van der Waals surface area contributed by atoms with Crippen LogP contribution in [0, 0.1) is 5.92 Å². The Bertz CT molecular complexity index is 1520. The van der Waals surface area contributed by atoms with E-state index in [1.165, 1.54) is 0 Å². The van der Waals surface area contributed by atoms with Crippen molar-refractivity contribution in [2.24, 2.45) is 5.92 Å². The van der Waals surface area contributed by atoms with E-state index in [1.807, 2.05) is 42.5 Å². The van der Waals surface area contributed by atoms with Crippen molar-refractivity contribution in [1.29, 1.82) is 0 Å². The molecule has 3 aliphatic heterocycles. The predicted molar refractivity (Wildman–Crippen MR) is 192 cm³/mol. The summed E-state index contributed by atoms with van der Waals surface area (Å²) < 4.78 is 40.7. The number of benzene rings is 2. The van der Waals surface area contributed by atoms with E-state index < -0.39 is 48.3 Å². The molecule has 2 saturated heterocycles. The van der Waals surface area contributed by atoms with Gasteiger partial charge in [0, 0.05) is 44.3 Å². The van der Waals surface area contributed by atoms with Crippen LogP contribution in [-0.4, -0.2) is 74.2 Å². The molecule has 0 unspecified atom stereocenters. The summed E-state index contributed by atoms with van der Waals surface area (Å²) in [5, 5.41) is 8.41. The quantitative estimate of drug-likeness (QED) is 0.144. The number of alkyl carbamates (subject to hydrolysis) is 2. The van der Waals surface area contributed by atoms with E-state index in [9.17, 15) is 19.2 Å². The maximum absolute atomic E-state index is 13.1. The van der Waals surface area contributed by atoms with E-state index in [4.69, 9.17) is 33.2 Å². The van der Waals surface area contributed by atoms with E-state index in [1.54, 1.807) is 13.0 Å². The summed E-state index contributed by atoms with van der Waals surface area (Å²) in [5.74, 6) is -0.314. The number of hydrogen-bond acceptors (Lipinski definition) is 11. The van der Waals surface area contributed by atoms with Gasteiger partial charge in [-0.25, -0.2) is 14.4 Å². The maximum atomic E-state index is 13.1. The number of ether oxygens (including phenoxy) is 7. The highest BCUT2D eigenvalue weighted by Gasteiger charge is 2.47. The Labute approximate surface area is 310 Å². The molecule has 0 aromatic heterocycles. The second-order valence-corrected chi connectivity index (χ2v) is 14.1. The number of nitrogens with one attached hydrogen (secondary N) is 3. The van der Waals surface area contributed by atoms with Crippen molar-refractivity contribution in [3.63, 3.8) is 0 Å². The summed E-state index contributed by atoms with van der Waals surface area (Å²) in [4.78, 5) is 51.4. The highest BCUT2D eigenvalue weighted by Crippen LogP contribution is 2.41. The summed E-state index contributed by atoms with van der Waals surface area (Å²) in [5.41, 5.74) is 1.70. The molecule has 0 radical (unpaired) electrons. The van der Waals surface area contributed by atoms with Crippen molar-refractivity contribution in [1.82, 2.24) is 16.0 Å². The molecule has 1 spiro atoms. The van der Waals surface area contributed by atoms with Crippen molar-refractivity contribution in [2.45, 2.75) is 122 Å². The lowest BCUT2D eigenvalue weighted by atomic mass is 9.90. The molecule has 14 heteroatoms. The molecule has 290 valence electrons. The standard InChI is InChI=1S/C39H53N3O11/c1-4-47-36(44)32(17-15-26(2)3)42-34(43)18-16-29-20-31(51-38(46)41-23-28-12-8-14-33-35(28)50-25-49-33)21-39(52-29)19-9-13-30(53-39)24-48-37(45)40-22-27-10-6-5-7-11-27/h5-8,10-12,14,26,29-32H,4,9,13,15-25H2,1-3H3,(H,40,45)(H,41,46)(H,42,43)/t29-,30-,31-,32+,39+/m1/s1. The van der Waals surface area contributed by atoms with Crippen LogP contribution in [0.4, 0.5) is 9.59 Å². The van der Waals surface area contributed by atoms with Gasteiger partial charge in [-0.15, -0.1) is 0 Å². The Hall–Kier alpha value is -4.56. The minimum absolute atomic E-state index is 0.0175. The molecule has 5 atom stereocenters. The Kier molecular flexibility index (Phi) is 14.6. The topological polar surface area (TPSA) is 169 Å². The first-order chi connectivity index (χ1) is 25.6.